The number of piperazine rings is 1. The third kappa shape index (κ3) is 5.20. The molecule has 2 rings (SSSR count). The summed E-state index contributed by atoms with van der Waals surface area (Å²) >= 11 is 0. The first kappa shape index (κ1) is 18.3. The number of urea groups is 1. The van der Waals surface area contributed by atoms with Gasteiger partial charge < -0.3 is 20.9 Å². The van der Waals surface area contributed by atoms with Crippen molar-refractivity contribution < 1.29 is 9.59 Å². The highest BCUT2D eigenvalue weighted by molar-refractivity contribution is 5.92. The van der Waals surface area contributed by atoms with E-state index in [1.807, 2.05) is 38.1 Å². The molecule has 7 heteroatoms. The van der Waals surface area contributed by atoms with Gasteiger partial charge in [0.1, 0.15) is 0 Å². The second-order valence-electron chi connectivity index (χ2n) is 5.32. The van der Waals surface area contributed by atoms with E-state index in [1.165, 1.54) is 0 Å². The van der Waals surface area contributed by atoms with E-state index in [-0.39, 0.29) is 36.9 Å². The molecule has 1 atom stereocenters. The van der Waals surface area contributed by atoms with E-state index in [1.54, 1.807) is 4.90 Å². The van der Waals surface area contributed by atoms with E-state index in [9.17, 15) is 9.59 Å². The molecule has 1 unspecified atom stereocenters. The van der Waals surface area contributed by atoms with Crippen molar-refractivity contribution in [2.24, 2.45) is 0 Å². The normalized spacial score (nSPS) is 17.4. The van der Waals surface area contributed by atoms with Gasteiger partial charge >= 0.3 is 6.03 Å². The van der Waals surface area contributed by atoms with Crippen molar-refractivity contribution in [3.8, 4) is 0 Å². The van der Waals surface area contributed by atoms with Gasteiger partial charge in [-0.05, 0) is 31.5 Å². The van der Waals surface area contributed by atoms with Crippen molar-refractivity contribution in [2.75, 3.05) is 31.5 Å². The number of carbonyl (C=O) groups is 2. The molecule has 0 bridgehead atoms. The van der Waals surface area contributed by atoms with Gasteiger partial charge in [0.15, 0.2) is 0 Å². The second kappa shape index (κ2) is 8.60. The molecule has 1 heterocycles. The van der Waals surface area contributed by atoms with Crippen LogP contribution in [0.25, 0.3) is 0 Å². The number of halogens is 1. The first-order valence-corrected chi connectivity index (χ1v) is 7.18. The van der Waals surface area contributed by atoms with Gasteiger partial charge in [-0.25, -0.2) is 4.79 Å². The van der Waals surface area contributed by atoms with Crippen LogP contribution in [-0.4, -0.2) is 49.1 Å². The third-order valence-corrected chi connectivity index (χ3v) is 3.50. The Kier molecular flexibility index (Phi) is 7.14. The van der Waals surface area contributed by atoms with E-state index >= 15 is 0 Å². The van der Waals surface area contributed by atoms with E-state index in [2.05, 4.69) is 16.0 Å². The van der Waals surface area contributed by atoms with Crippen LogP contribution in [0.5, 0.6) is 0 Å². The van der Waals surface area contributed by atoms with Crippen LogP contribution >= 0.6 is 12.4 Å². The largest absolute Gasteiger partial charge is 0.336 e. The standard InChI is InChI=1S/C15H22N4O2.ClH/c1-11-4-3-5-13(8-11)18-15(21)17-10-14(20)19-7-6-16-9-12(19)2;/h3-5,8,12,16H,6-7,9-10H2,1-2H3,(H2,17,18,21);1H. The average molecular weight is 327 g/mol. The lowest BCUT2D eigenvalue weighted by Gasteiger charge is -2.34. The molecule has 22 heavy (non-hydrogen) atoms. The summed E-state index contributed by atoms with van der Waals surface area (Å²) < 4.78 is 0. The number of aryl methyl sites for hydroxylation is 1. The summed E-state index contributed by atoms with van der Waals surface area (Å²) in [5.41, 5.74) is 1.79. The lowest BCUT2D eigenvalue weighted by Crippen LogP contribution is -2.54. The Morgan fingerprint density at radius 1 is 1.41 bits per heavy atom. The van der Waals surface area contributed by atoms with Crippen molar-refractivity contribution in [1.82, 2.24) is 15.5 Å². The molecule has 3 amide bonds. The van der Waals surface area contributed by atoms with Crippen LogP contribution in [0.15, 0.2) is 24.3 Å². The molecule has 122 valence electrons. The fourth-order valence-corrected chi connectivity index (χ4v) is 2.37. The minimum absolute atomic E-state index is 0. The Bertz CT molecular complexity index is 524. The SMILES string of the molecule is Cc1cccc(NC(=O)NCC(=O)N2CCNCC2C)c1.Cl. The summed E-state index contributed by atoms with van der Waals surface area (Å²) in [5, 5.41) is 8.55. The summed E-state index contributed by atoms with van der Waals surface area (Å²) in [5.74, 6) is -0.0524. The number of nitrogens with zero attached hydrogens (tertiary/aromatic N) is 1. The van der Waals surface area contributed by atoms with Gasteiger partial charge in [-0.15, -0.1) is 12.4 Å². The predicted octanol–water partition coefficient (Wildman–Crippen LogP) is 1.36. The maximum absolute atomic E-state index is 12.1. The van der Waals surface area contributed by atoms with Crippen LogP contribution in [-0.2, 0) is 4.79 Å². The number of hydrogen-bond donors (Lipinski definition) is 3. The fourth-order valence-electron chi connectivity index (χ4n) is 2.37. The maximum atomic E-state index is 12.1. The van der Waals surface area contributed by atoms with Gasteiger partial charge in [-0.1, -0.05) is 12.1 Å². The highest BCUT2D eigenvalue weighted by Crippen LogP contribution is 2.09. The maximum Gasteiger partial charge on any atom is 0.319 e. The Morgan fingerprint density at radius 2 is 2.18 bits per heavy atom. The lowest BCUT2D eigenvalue weighted by molar-refractivity contribution is -0.132. The molecule has 0 spiro atoms. The third-order valence-electron chi connectivity index (χ3n) is 3.50. The molecule has 0 aliphatic carbocycles. The molecule has 1 aromatic carbocycles. The van der Waals surface area contributed by atoms with Crippen LogP contribution in [0, 0.1) is 6.92 Å². The number of hydrogen-bond acceptors (Lipinski definition) is 3. The van der Waals surface area contributed by atoms with Crippen LogP contribution in [0.3, 0.4) is 0 Å². The summed E-state index contributed by atoms with van der Waals surface area (Å²) in [7, 11) is 0. The number of amides is 3. The van der Waals surface area contributed by atoms with E-state index in [0.717, 1.165) is 24.3 Å². The molecule has 0 radical (unpaired) electrons. The van der Waals surface area contributed by atoms with Gasteiger partial charge in [-0.2, -0.15) is 0 Å². The van der Waals surface area contributed by atoms with E-state index < -0.39 is 0 Å². The van der Waals surface area contributed by atoms with Gasteiger partial charge in [0.2, 0.25) is 5.91 Å². The Labute approximate surface area is 137 Å². The summed E-state index contributed by atoms with van der Waals surface area (Å²) in [6.45, 7) is 6.24. The molecule has 1 saturated heterocycles. The number of benzene rings is 1. The van der Waals surface area contributed by atoms with Gasteiger partial charge in [-0.3, -0.25) is 4.79 Å². The molecule has 0 saturated carbocycles. The fraction of sp³-hybridized carbons (Fsp3) is 0.467. The second-order valence-corrected chi connectivity index (χ2v) is 5.32. The van der Waals surface area contributed by atoms with Crippen LogP contribution in [0.4, 0.5) is 10.5 Å². The summed E-state index contributed by atoms with van der Waals surface area (Å²) in [6, 6.07) is 7.31. The van der Waals surface area contributed by atoms with Crippen molar-refractivity contribution in [3.63, 3.8) is 0 Å². The lowest BCUT2D eigenvalue weighted by atomic mass is 10.2. The van der Waals surface area contributed by atoms with Crippen molar-refractivity contribution in [1.29, 1.82) is 0 Å². The van der Waals surface area contributed by atoms with Crippen LogP contribution in [0.1, 0.15) is 12.5 Å². The highest BCUT2D eigenvalue weighted by atomic mass is 35.5. The first-order chi connectivity index (χ1) is 10.1. The van der Waals surface area contributed by atoms with E-state index in [4.69, 9.17) is 0 Å². The Balaban J connectivity index is 0.00000242. The summed E-state index contributed by atoms with van der Waals surface area (Å²) in [6.07, 6.45) is 0. The van der Waals surface area contributed by atoms with Crippen LogP contribution in [0.2, 0.25) is 0 Å². The molecule has 0 aromatic heterocycles. The molecular weight excluding hydrogens is 304 g/mol. The minimum atomic E-state index is -0.364. The average Bonchev–Trinajstić information content (AvgIpc) is 2.45. The van der Waals surface area contributed by atoms with E-state index in [0.29, 0.717) is 6.54 Å². The molecular formula is C15H23ClN4O2. The number of nitrogens with one attached hydrogen (secondary N) is 3. The van der Waals surface area contributed by atoms with Crippen molar-refractivity contribution in [3.05, 3.63) is 29.8 Å². The molecule has 3 N–H and O–H groups in total. The van der Waals surface area contributed by atoms with Gasteiger partial charge in [0.25, 0.3) is 0 Å². The number of rotatable bonds is 3. The monoisotopic (exact) mass is 326 g/mol. The topological polar surface area (TPSA) is 73.5 Å². The number of anilines is 1. The molecule has 6 nitrogen and oxygen atoms in total. The van der Waals surface area contributed by atoms with Crippen LogP contribution < -0.4 is 16.0 Å². The van der Waals surface area contributed by atoms with Crippen molar-refractivity contribution in [2.45, 2.75) is 19.9 Å². The predicted molar refractivity (Wildman–Crippen MR) is 89.5 cm³/mol. The van der Waals surface area contributed by atoms with Crippen molar-refractivity contribution >= 4 is 30.0 Å². The molecule has 1 fully saturated rings. The zero-order valence-corrected chi connectivity index (χ0v) is 13.7. The quantitative estimate of drug-likeness (QED) is 0.785. The smallest absolute Gasteiger partial charge is 0.319 e. The number of carbonyl (C=O) groups excluding carboxylic acids is 2. The zero-order chi connectivity index (χ0) is 15.2. The minimum Gasteiger partial charge on any atom is -0.336 e. The first-order valence-electron chi connectivity index (χ1n) is 7.18. The van der Waals surface area contributed by atoms with Gasteiger partial charge in [0.05, 0.1) is 6.54 Å². The molecule has 1 aliphatic heterocycles. The van der Waals surface area contributed by atoms with Gasteiger partial charge in [0, 0.05) is 31.4 Å². The Morgan fingerprint density at radius 3 is 2.86 bits per heavy atom. The Hall–Kier alpha value is -1.79. The zero-order valence-electron chi connectivity index (χ0n) is 12.9. The molecule has 1 aliphatic rings. The highest BCUT2D eigenvalue weighted by Gasteiger charge is 2.22. The summed E-state index contributed by atoms with van der Waals surface area (Å²) in [4.78, 5) is 25.7. The molecule has 1 aromatic rings.